The smallest absolute Gasteiger partial charge is 0.196 e. The molecule has 0 aromatic heterocycles. The van der Waals surface area contributed by atoms with Crippen LogP contribution >= 0.6 is 0 Å². The first-order valence-electron chi connectivity index (χ1n) is 6.53. The average molecular weight is 239 g/mol. The minimum absolute atomic E-state index is 0.00752. The Morgan fingerprint density at radius 2 is 1.35 bits per heavy atom. The van der Waals surface area contributed by atoms with Gasteiger partial charge in [-0.05, 0) is 32.1 Å². The Hall–Kier alpha value is -0.730. The summed E-state index contributed by atoms with van der Waals surface area (Å²) in [7, 11) is 4.30. The van der Waals surface area contributed by atoms with E-state index in [1.807, 2.05) is 0 Å². The van der Waals surface area contributed by atoms with E-state index in [1.165, 1.54) is 0 Å². The molecule has 0 amide bonds. The lowest BCUT2D eigenvalue weighted by Gasteiger charge is -2.45. The maximum absolute atomic E-state index is 4.82. The lowest BCUT2D eigenvalue weighted by atomic mass is 9.79. The summed E-state index contributed by atoms with van der Waals surface area (Å²) >= 11 is 0. The van der Waals surface area contributed by atoms with E-state index in [9.17, 15) is 0 Å². The fraction of sp³-hybridized carbons (Fsp3) is 0.929. The predicted molar refractivity (Wildman–Crippen MR) is 75.4 cm³/mol. The van der Waals surface area contributed by atoms with Crippen LogP contribution in [0.1, 0.15) is 41.5 Å². The molecule has 1 rings (SSSR count). The Bertz CT molecular complexity index is 280. The monoisotopic (exact) mass is 239 g/mol. The summed E-state index contributed by atoms with van der Waals surface area (Å²) in [6, 6.07) is 0. The molecule has 1 fully saturated rings. The molecule has 1 aliphatic rings. The van der Waals surface area contributed by atoms with Gasteiger partial charge in [0, 0.05) is 27.2 Å². The number of hydrogen-bond donors (Lipinski definition) is 0. The Kier molecular flexibility index (Phi) is 3.80. The van der Waals surface area contributed by atoms with Crippen LogP contribution in [0.25, 0.3) is 0 Å². The van der Waals surface area contributed by atoms with Crippen molar-refractivity contribution in [1.29, 1.82) is 0 Å². The number of hydrogen-bond acceptors (Lipinski definition) is 1. The quantitative estimate of drug-likeness (QED) is 0.647. The molecule has 0 N–H and O–H groups in total. The Morgan fingerprint density at radius 1 is 0.941 bits per heavy atom. The summed E-state index contributed by atoms with van der Waals surface area (Å²) in [6.45, 7) is 15.6. The first-order valence-corrected chi connectivity index (χ1v) is 6.53. The van der Waals surface area contributed by atoms with Crippen molar-refractivity contribution in [2.75, 3.05) is 27.2 Å². The summed E-state index contributed by atoms with van der Waals surface area (Å²) in [4.78, 5) is 9.41. The van der Waals surface area contributed by atoms with Crippen molar-refractivity contribution < 1.29 is 0 Å². The third kappa shape index (κ3) is 3.90. The fourth-order valence-electron chi connectivity index (χ4n) is 2.19. The SMILES string of the molecule is CN1CC(C(C)(C)C)CN(C)C1=NC(C)(C)C. The zero-order valence-electron chi connectivity index (χ0n) is 12.8. The molecule has 0 spiro atoms. The van der Waals surface area contributed by atoms with Gasteiger partial charge < -0.3 is 9.80 Å². The molecule has 1 saturated heterocycles. The number of rotatable bonds is 0. The molecule has 0 aromatic carbocycles. The second kappa shape index (κ2) is 4.51. The summed E-state index contributed by atoms with van der Waals surface area (Å²) < 4.78 is 0. The highest BCUT2D eigenvalue weighted by Gasteiger charge is 2.33. The molecule has 1 aliphatic heterocycles. The molecule has 0 aliphatic carbocycles. The molecule has 17 heavy (non-hydrogen) atoms. The summed E-state index contributed by atoms with van der Waals surface area (Å²) in [6.07, 6.45) is 0. The maximum Gasteiger partial charge on any atom is 0.196 e. The van der Waals surface area contributed by atoms with Gasteiger partial charge in [-0.1, -0.05) is 20.8 Å². The van der Waals surface area contributed by atoms with Crippen LogP contribution in [0.15, 0.2) is 4.99 Å². The van der Waals surface area contributed by atoms with Gasteiger partial charge in [0.1, 0.15) is 0 Å². The first-order chi connectivity index (χ1) is 7.50. The maximum atomic E-state index is 4.82. The summed E-state index contributed by atoms with van der Waals surface area (Å²) in [5, 5.41) is 0. The van der Waals surface area contributed by atoms with Crippen LogP contribution in [-0.2, 0) is 0 Å². The number of guanidine groups is 1. The van der Waals surface area contributed by atoms with E-state index in [4.69, 9.17) is 4.99 Å². The molecular weight excluding hydrogens is 210 g/mol. The molecule has 0 atom stereocenters. The molecular formula is C14H29N3. The van der Waals surface area contributed by atoms with Gasteiger partial charge in [0.15, 0.2) is 5.96 Å². The van der Waals surface area contributed by atoms with Crippen molar-refractivity contribution in [2.24, 2.45) is 16.3 Å². The van der Waals surface area contributed by atoms with Gasteiger partial charge in [-0.3, -0.25) is 0 Å². The van der Waals surface area contributed by atoms with E-state index in [2.05, 4.69) is 65.4 Å². The molecule has 0 bridgehead atoms. The van der Waals surface area contributed by atoms with E-state index < -0.39 is 0 Å². The Balaban J connectivity index is 2.87. The van der Waals surface area contributed by atoms with Crippen LogP contribution in [0.3, 0.4) is 0 Å². The van der Waals surface area contributed by atoms with Gasteiger partial charge >= 0.3 is 0 Å². The average Bonchev–Trinajstić information content (AvgIpc) is 2.07. The predicted octanol–water partition coefficient (Wildman–Crippen LogP) is 2.68. The number of nitrogens with zero attached hydrogens (tertiary/aromatic N) is 3. The van der Waals surface area contributed by atoms with Gasteiger partial charge in [-0.2, -0.15) is 0 Å². The summed E-state index contributed by atoms with van der Waals surface area (Å²) in [5.74, 6) is 1.81. The van der Waals surface area contributed by atoms with Crippen molar-refractivity contribution in [3.8, 4) is 0 Å². The molecule has 0 radical (unpaired) electrons. The summed E-state index contributed by atoms with van der Waals surface area (Å²) in [5.41, 5.74) is 0.349. The molecule has 3 heteroatoms. The molecule has 3 nitrogen and oxygen atoms in total. The third-order valence-corrected chi connectivity index (χ3v) is 3.33. The topological polar surface area (TPSA) is 18.8 Å². The molecule has 0 saturated carbocycles. The zero-order valence-corrected chi connectivity index (χ0v) is 12.8. The number of aliphatic imine (C=N–C) groups is 1. The van der Waals surface area contributed by atoms with Crippen molar-refractivity contribution in [2.45, 2.75) is 47.1 Å². The van der Waals surface area contributed by atoms with Gasteiger partial charge in [-0.25, -0.2) is 4.99 Å². The van der Waals surface area contributed by atoms with E-state index in [0.29, 0.717) is 11.3 Å². The lowest BCUT2D eigenvalue weighted by molar-refractivity contribution is 0.132. The molecule has 100 valence electrons. The van der Waals surface area contributed by atoms with Crippen LogP contribution < -0.4 is 0 Å². The second-order valence-electron chi connectivity index (χ2n) is 7.41. The van der Waals surface area contributed by atoms with Crippen molar-refractivity contribution in [3.63, 3.8) is 0 Å². The highest BCUT2D eigenvalue weighted by Crippen LogP contribution is 2.30. The standard InChI is InChI=1S/C14H29N3/c1-13(2,3)11-9-16(7)12(17(8)10-11)15-14(4,5)6/h11H,9-10H2,1-8H3. The van der Waals surface area contributed by atoms with Crippen molar-refractivity contribution >= 4 is 5.96 Å². The van der Waals surface area contributed by atoms with Crippen LogP contribution in [0, 0.1) is 11.3 Å². The Labute approximate surface area is 107 Å². The van der Waals surface area contributed by atoms with Gasteiger partial charge in [0.25, 0.3) is 0 Å². The molecule has 0 aromatic rings. The van der Waals surface area contributed by atoms with E-state index in [0.717, 1.165) is 19.0 Å². The lowest BCUT2D eigenvalue weighted by Crippen LogP contribution is -2.54. The highest BCUT2D eigenvalue weighted by molar-refractivity contribution is 5.80. The van der Waals surface area contributed by atoms with Crippen molar-refractivity contribution in [3.05, 3.63) is 0 Å². The first kappa shape index (κ1) is 14.3. The Morgan fingerprint density at radius 3 is 1.65 bits per heavy atom. The van der Waals surface area contributed by atoms with Gasteiger partial charge in [0.2, 0.25) is 0 Å². The van der Waals surface area contributed by atoms with E-state index in [1.54, 1.807) is 0 Å². The second-order valence-corrected chi connectivity index (χ2v) is 7.41. The highest BCUT2D eigenvalue weighted by atomic mass is 15.4. The fourth-order valence-corrected chi connectivity index (χ4v) is 2.19. The van der Waals surface area contributed by atoms with E-state index >= 15 is 0 Å². The zero-order chi connectivity index (χ0) is 13.4. The van der Waals surface area contributed by atoms with Gasteiger partial charge in [-0.15, -0.1) is 0 Å². The van der Waals surface area contributed by atoms with Crippen LogP contribution in [0.4, 0.5) is 0 Å². The molecule has 1 heterocycles. The minimum Gasteiger partial charge on any atom is -0.346 e. The van der Waals surface area contributed by atoms with Gasteiger partial charge in [0.05, 0.1) is 5.54 Å². The molecule has 0 unspecified atom stereocenters. The van der Waals surface area contributed by atoms with Crippen LogP contribution in [0.2, 0.25) is 0 Å². The normalized spacial score (nSPS) is 23.1. The largest absolute Gasteiger partial charge is 0.346 e. The van der Waals surface area contributed by atoms with Crippen LogP contribution in [0.5, 0.6) is 0 Å². The minimum atomic E-state index is -0.00752. The van der Waals surface area contributed by atoms with Crippen LogP contribution in [-0.4, -0.2) is 48.5 Å². The third-order valence-electron chi connectivity index (χ3n) is 3.33. The van der Waals surface area contributed by atoms with Crippen molar-refractivity contribution in [1.82, 2.24) is 9.80 Å². The van der Waals surface area contributed by atoms with E-state index in [-0.39, 0.29) is 5.54 Å².